The zero-order chi connectivity index (χ0) is 26.1. The van der Waals surface area contributed by atoms with Gasteiger partial charge in [0, 0.05) is 42.0 Å². The molecule has 8 heteroatoms. The minimum Gasteiger partial charge on any atom is -0.462 e. The maximum atomic E-state index is 13.6. The SMILES string of the molecule is CCOC(=O)c1cnc([C@H]2CCCCN(C(C)(/C=C/c3ccc(I)cc3)C(=O)N(C)CC)CC2)nc1. The third-order valence-corrected chi connectivity index (χ3v) is 7.63. The highest BCUT2D eigenvalue weighted by molar-refractivity contribution is 14.1. The van der Waals surface area contributed by atoms with Gasteiger partial charge in [-0.15, -0.1) is 0 Å². The molecule has 1 unspecified atom stereocenters. The van der Waals surface area contributed by atoms with Crippen LogP contribution in [0.1, 0.15) is 74.1 Å². The van der Waals surface area contributed by atoms with E-state index >= 15 is 0 Å². The number of carbonyl (C=O) groups is 2. The van der Waals surface area contributed by atoms with Gasteiger partial charge in [0.1, 0.15) is 11.4 Å². The molecule has 36 heavy (non-hydrogen) atoms. The van der Waals surface area contributed by atoms with Crippen molar-refractivity contribution < 1.29 is 14.3 Å². The van der Waals surface area contributed by atoms with Crippen LogP contribution in [0.3, 0.4) is 0 Å². The number of likely N-dealkylation sites (tertiary alicyclic amines) is 1. The summed E-state index contributed by atoms with van der Waals surface area (Å²) in [5, 5.41) is 0. The van der Waals surface area contributed by atoms with Gasteiger partial charge in [-0.3, -0.25) is 9.69 Å². The number of hydrogen-bond donors (Lipinski definition) is 0. The summed E-state index contributed by atoms with van der Waals surface area (Å²) in [6, 6.07) is 8.30. The Hall–Kier alpha value is -2.33. The van der Waals surface area contributed by atoms with E-state index in [1.54, 1.807) is 24.2 Å². The van der Waals surface area contributed by atoms with E-state index in [1.165, 1.54) is 3.57 Å². The number of benzene rings is 1. The summed E-state index contributed by atoms with van der Waals surface area (Å²) in [7, 11) is 1.87. The molecule has 1 aliphatic heterocycles. The monoisotopic (exact) mass is 604 g/mol. The molecule has 0 spiro atoms. The summed E-state index contributed by atoms with van der Waals surface area (Å²) in [6.07, 6.45) is 11.1. The zero-order valence-corrected chi connectivity index (χ0v) is 23.9. The first kappa shape index (κ1) is 28.2. The predicted octanol–water partition coefficient (Wildman–Crippen LogP) is 5.17. The smallest absolute Gasteiger partial charge is 0.341 e. The molecular weight excluding hydrogens is 567 g/mol. The second-order valence-electron chi connectivity index (χ2n) is 9.37. The standard InChI is InChI=1S/C28H37IN4O3/c1-5-32(4)27(35)28(3,16-14-21-10-12-24(29)13-11-21)33-17-8-7-9-22(15-18-33)25-30-19-23(20-31-25)26(34)36-6-2/h10-14,16,19-20,22H,5-9,15,17-18H2,1-4H3/b16-14+/t22-,28?/m0/s1. The molecule has 7 nitrogen and oxygen atoms in total. The van der Waals surface area contributed by atoms with Gasteiger partial charge in [-0.25, -0.2) is 14.8 Å². The van der Waals surface area contributed by atoms with Crippen LogP contribution < -0.4 is 0 Å². The molecule has 2 atom stereocenters. The molecule has 1 saturated heterocycles. The molecule has 0 N–H and O–H groups in total. The van der Waals surface area contributed by atoms with Crippen LogP contribution in [0.5, 0.6) is 0 Å². The van der Waals surface area contributed by atoms with Crippen molar-refractivity contribution in [2.75, 3.05) is 33.3 Å². The first-order chi connectivity index (χ1) is 17.3. The second kappa shape index (κ2) is 13.3. The van der Waals surface area contributed by atoms with Crippen LogP contribution in [-0.4, -0.2) is 70.5 Å². The first-order valence-corrected chi connectivity index (χ1v) is 13.8. The lowest BCUT2D eigenvalue weighted by molar-refractivity contribution is -0.139. The van der Waals surface area contributed by atoms with Crippen LogP contribution in [-0.2, 0) is 9.53 Å². The summed E-state index contributed by atoms with van der Waals surface area (Å²) in [5.74, 6) is 0.617. The van der Waals surface area contributed by atoms with Gasteiger partial charge >= 0.3 is 5.97 Å². The average Bonchev–Trinajstić information content (AvgIpc) is 2.87. The lowest BCUT2D eigenvalue weighted by Gasteiger charge is -2.41. The molecule has 2 aromatic rings. The number of esters is 1. The molecule has 1 amide bonds. The normalized spacial score (nSPS) is 18.8. The van der Waals surface area contributed by atoms with Gasteiger partial charge in [-0.05, 0) is 86.9 Å². The Morgan fingerprint density at radius 1 is 1.14 bits per heavy atom. The predicted molar refractivity (Wildman–Crippen MR) is 151 cm³/mol. The van der Waals surface area contributed by atoms with Gasteiger partial charge < -0.3 is 9.64 Å². The van der Waals surface area contributed by atoms with Crippen LogP contribution in [0, 0.1) is 3.57 Å². The number of halogens is 1. The Balaban J connectivity index is 1.81. The minimum atomic E-state index is -0.760. The zero-order valence-electron chi connectivity index (χ0n) is 21.7. The van der Waals surface area contributed by atoms with Crippen LogP contribution in [0.2, 0.25) is 0 Å². The number of rotatable bonds is 8. The average molecular weight is 605 g/mol. The summed E-state index contributed by atoms with van der Waals surface area (Å²) in [4.78, 5) is 38.7. The molecule has 0 radical (unpaired) electrons. The van der Waals surface area contributed by atoms with Crippen molar-refractivity contribution in [3.8, 4) is 0 Å². The quantitative estimate of drug-likeness (QED) is 0.306. The molecular formula is C28H37IN4O3. The maximum Gasteiger partial charge on any atom is 0.341 e. The number of nitrogens with zero attached hydrogens (tertiary/aromatic N) is 4. The van der Waals surface area contributed by atoms with Gasteiger partial charge in [0.05, 0.1) is 12.2 Å². The number of ether oxygens (including phenoxy) is 1. The molecule has 3 rings (SSSR count). The van der Waals surface area contributed by atoms with E-state index in [2.05, 4.69) is 73.9 Å². The third kappa shape index (κ3) is 7.12. The van der Waals surface area contributed by atoms with Gasteiger partial charge in [-0.2, -0.15) is 0 Å². The van der Waals surface area contributed by atoms with E-state index in [9.17, 15) is 9.59 Å². The highest BCUT2D eigenvalue weighted by Gasteiger charge is 2.39. The highest BCUT2D eigenvalue weighted by atomic mass is 127. The number of aromatic nitrogens is 2. The van der Waals surface area contributed by atoms with Crippen LogP contribution in [0.15, 0.2) is 42.7 Å². The fourth-order valence-electron chi connectivity index (χ4n) is 4.53. The number of carbonyl (C=O) groups excluding carboxylic acids is 2. The first-order valence-electron chi connectivity index (χ1n) is 12.7. The van der Waals surface area contributed by atoms with E-state index < -0.39 is 11.5 Å². The summed E-state index contributed by atoms with van der Waals surface area (Å²) >= 11 is 2.30. The van der Waals surface area contributed by atoms with Crippen molar-refractivity contribution in [2.45, 2.75) is 57.9 Å². The largest absolute Gasteiger partial charge is 0.462 e. The maximum absolute atomic E-state index is 13.6. The second-order valence-corrected chi connectivity index (χ2v) is 10.6. The summed E-state index contributed by atoms with van der Waals surface area (Å²) < 4.78 is 6.23. The van der Waals surface area contributed by atoms with E-state index in [0.717, 1.165) is 50.2 Å². The van der Waals surface area contributed by atoms with Crippen LogP contribution in [0.25, 0.3) is 6.08 Å². The van der Waals surface area contributed by atoms with Crippen molar-refractivity contribution in [3.63, 3.8) is 0 Å². The fourth-order valence-corrected chi connectivity index (χ4v) is 4.89. The van der Waals surface area contributed by atoms with Crippen molar-refractivity contribution in [1.82, 2.24) is 19.8 Å². The van der Waals surface area contributed by atoms with E-state index in [1.807, 2.05) is 20.9 Å². The molecule has 0 saturated carbocycles. The van der Waals surface area contributed by atoms with Gasteiger partial charge in [0.15, 0.2) is 0 Å². The van der Waals surface area contributed by atoms with Crippen molar-refractivity contribution in [1.29, 1.82) is 0 Å². The van der Waals surface area contributed by atoms with Crippen LogP contribution in [0.4, 0.5) is 0 Å². The summed E-state index contributed by atoms with van der Waals surface area (Å²) in [5.41, 5.74) is 0.688. The Bertz CT molecular complexity index is 1040. The molecule has 1 aromatic heterocycles. The van der Waals surface area contributed by atoms with Crippen LogP contribution >= 0.6 is 22.6 Å². The Kier molecular flexibility index (Phi) is 10.4. The van der Waals surface area contributed by atoms with E-state index in [4.69, 9.17) is 4.74 Å². The lowest BCUT2D eigenvalue weighted by atomic mass is 9.90. The van der Waals surface area contributed by atoms with Crippen molar-refractivity contribution >= 4 is 40.5 Å². The van der Waals surface area contributed by atoms with Crippen molar-refractivity contribution in [3.05, 3.63) is 63.3 Å². The molecule has 2 heterocycles. The topological polar surface area (TPSA) is 75.6 Å². The third-order valence-electron chi connectivity index (χ3n) is 6.91. The fraction of sp³-hybridized carbons (Fsp3) is 0.500. The van der Waals surface area contributed by atoms with Gasteiger partial charge in [0.25, 0.3) is 0 Å². The van der Waals surface area contributed by atoms with Gasteiger partial charge in [0.2, 0.25) is 5.91 Å². The molecule has 0 aliphatic carbocycles. The molecule has 0 bridgehead atoms. The Labute approximate surface area is 228 Å². The number of likely N-dealkylation sites (N-methyl/N-ethyl adjacent to an activating group) is 1. The van der Waals surface area contributed by atoms with Gasteiger partial charge in [-0.1, -0.05) is 30.7 Å². The number of hydrogen-bond acceptors (Lipinski definition) is 6. The Morgan fingerprint density at radius 2 is 1.83 bits per heavy atom. The molecule has 1 aromatic carbocycles. The van der Waals surface area contributed by atoms with Crippen molar-refractivity contribution in [2.24, 2.45) is 0 Å². The molecule has 1 aliphatic rings. The van der Waals surface area contributed by atoms with E-state index in [-0.39, 0.29) is 11.8 Å². The van der Waals surface area contributed by atoms with E-state index in [0.29, 0.717) is 18.7 Å². The highest BCUT2D eigenvalue weighted by Crippen LogP contribution is 2.30. The molecule has 1 fully saturated rings. The molecule has 194 valence electrons. The Morgan fingerprint density at radius 3 is 2.47 bits per heavy atom. The lowest BCUT2D eigenvalue weighted by Crippen LogP contribution is -2.57. The summed E-state index contributed by atoms with van der Waals surface area (Å²) in [6.45, 7) is 8.40. The minimum absolute atomic E-state index is 0.0962. The number of amides is 1.